The molecule has 126 valence electrons. The van der Waals surface area contributed by atoms with Crippen LogP contribution in [0.5, 0.6) is 0 Å². The van der Waals surface area contributed by atoms with Crippen LogP contribution in [0, 0.1) is 24.1 Å². The summed E-state index contributed by atoms with van der Waals surface area (Å²) in [5.74, 6) is 0. The SMILES string of the molecule is CC[Si](C#C[As](c1ccccc1C)c1ccccc1C)(CC)CC. The van der Waals surface area contributed by atoms with Gasteiger partial charge in [0.15, 0.2) is 0 Å². The molecule has 2 heteroatoms. The first-order valence-corrected chi connectivity index (χ1v) is 14.4. The summed E-state index contributed by atoms with van der Waals surface area (Å²) < 4.78 is 6.88. The molecule has 0 fully saturated rings. The van der Waals surface area contributed by atoms with Gasteiger partial charge in [0, 0.05) is 0 Å². The minimum atomic E-state index is -1.58. The van der Waals surface area contributed by atoms with Gasteiger partial charge in [0.25, 0.3) is 0 Å². The predicted octanol–water partition coefficient (Wildman–Crippen LogP) is 4.50. The van der Waals surface area contributed by atoms with Crippen LogP contribution in [0.25, 0.3) is 0 Å². The summed E-state index contributed by atoms with van der Waals surface area (Å²) in [6.45, 7) is 11.5. The number of benzene rings is 2. The Balaban J connectivity index is 2.58. The van der Waals surface area contributed by atoms with E-state index in [2.05, 4.69) is 93.4 Å². The van der Waals surface area contributed by atoms with Crippen molar-refractivity contribution in [3.8, 4) is 10.3 Å². The maximum absolute atomic E-state index is 3.89. The van der Waals surface area contributed by atoms with Crippen LogP contribution in [0.3, 0.4) is 0 Å². The Hall–Kier alpha value is -1.22. The molecule has 0 spiro atoms. The van der Waals surface area contributed by atoms with Crippen molar-refractivity contribution in [2.45, 2.75) is 52.8 Å². The van der Waals surface area contributed by atoms with Crippen LogP contribution in [0.2, 0.25) is 18.1 Å². The normalized spacial score (nSPS) is 11.2. The van der Waals surface area contributed by atoms with E-state index in [0.717, 1.165) is 0 Å². The molecule has 0 N–H and O–H groups in total. The Bertz CT molecular complexity index is 681. The van der Waals surface area contributed by atoms with Crippen molar-refractivity contribution in [2.24, 2.45) is 0 Å². The molecule has 0 saturated carbocycles. The summed E-state index contributed by atoms with van der Waals surface area (Å²) >= 11 is -1.58. The third kappa shape index (κ3) is 4.24. The number of aryl methyl sites for hydroxylation is 2. The molecule has 0 heterocycles. The average Bonchev–Trinajstić information content (AvgIpc) is 2.62. The third-order valence-corrected chi connectivity index (χ3v) is 15.2. The number of rotatable bonds is 5. The second-order valence-electron chi connectivity index (χ2n) is 6.49. The van der Waals surface area contributed by atoms with Gasteiger partial charge < -0.3 is 0 Å². The standard InChI is InChI=1S/C22H29AsSi/c1-6-24(7-2,8-3)18-17-23(21-15-11-9-13-19(21)4)22-16-12-10-14-20(22)5/h9-16H,6-8H2,1-5H3. The van der Waals surface area contributed by atoms with Gasteiger partial charge in [0.05, 0.1) is 0 Å². The van der Waals surface area contributed by atoms with E-state index in [-0.39, 0.29) is 0 Å². The summed E-state index contributed by atoms with van der Waals surface area (Å²) in [6, 6.07) is 21.5. The molecule has 0 unspecified atom stereocenters. The molecular weight excluding hydrogens is 367 g/mol. The van der Waals surface area contributed by atoms with Gasteiger partial charge in [0.1, 0.15) is 0 Å². The van der Waals surface area contributed by atoms with Crippen LogP contribution >= 0.6 is 0 Å². The summed E-state index contributed by atoms with van der Waals surface area (Å²) in [5, 5.41) is 0. The molecule has 0 radical (unpaired) electrons. The zero-order valence-corrected chi connectivity index (χ0v) is 18.6. The molecule has 24 heavy (non-hydrogen) atoms. The van der Waals surface area contributed by atoms with Crippen molar-refractivity contribution in [3.63, 3.8) is 0 Å². The second kappa shape index (κ2) is 8.75. The maximum atomic E-state index is 3.89. The van der Waals surface area contributed by atoms with Crippen LogP contribution in [-0.2, 0) is 0 Å². The Morgan fingerprint density at radius 3 is 1.54 bits per heavy atom. The van der Waals surface area contributed by atoms with Crippen LogP contribution in [0.4, 0.5) is 0 Å². The fourth-order valence-corrected chi connectivity index (χ4v) is 11.5. The zero-order chi connectivity index (χ0) is 17.6. The van der Waals surface area contributed by atoms with E-state index in [1.54, 1.807) is 0 Å². The third-order valence-electron chi connectivity index (χ3n) is 5.18. The summed E-state index contributed by atoms with van der Waals surface area (Å²) in [5.41, 5.74) is 6.68. The van der Waals surface area contributed by atoms with E-state index >= 15 is 0 Å². The molecule has 2 aromatic rings. The fraction of sp³-hybridized carbons (Fsp3) is 0.364. The second-order valence-corrected chi connectivity index (χ2v) is 15.3. The Morgan fingerprint density at radius 2 is 1.17 bits per heavy atom. The van der Waals surface area contributed by atoms with Crippen LogP contribution in [0.1, 0.15) is 31.9 Å². The summed E-state index contributed by atoms with van der Waals surface area (Å²) in [4.78, 5) is 0. The first kappa shape index (κ1) is 19.1. The Labute approximate surface area is 154 Å². The van der Waals surface area contributed by atoms with E-state index in [0.29, 0.717) is 0 Å². The Morgan fingerprint density at radius 1 is 0.750 bits per heavy atom. The monoisotopic (exact) mass is 396 g/mol. The van der Waals surface area contributed by atoms with Gasteiger partial charge in [-0.1, -0.05) is 0 Å². The average molecular weight is 396 g/mol. The van der Waals surface area contributed by atoms with Crippen molar-refractivity contribution in [3.05, 3.63) is 59.7 Å². The summed E-state index contributed by atoms with van der Waals surface area (Å²) in [6.07, 6.45) is 0. The van der Waals surface area contributed by atoms with Crippen molar-refractivity contribution >= 4 is 31.4 Å². The van der Waals surface area contributed by atoms with Gasteiger partial charge in [-0.2, -0.15) is 0 Å². The Kier molecular flexibility index (Phi) is 6.96. The molecule has 0 aromatic heterocycles. The predicted molar refractivity (Wildman–Crippen MR) is 112 cm³/mol. The van der Waals surface area contributed by atoms with Gasteiger partial charge in [-0.3, -0.25) is 0 Å². The molecule has 0 aliphatic heterocycles. The first-order valence-electron chi connectivity index (χ1n) is 9.01. The van der Waals surface area contributed by atoms with E-state index in [4.69, 9.17) is 0 Å². The minimum absolute atomic E-state index is 1.27. The molecule has 0 aliphatic carbocycles. The molecule has 0 aliphatic rings. The molecule has 0 saturated heterocycles. The topological polar surface area (TPSA) is 0 Å². The van der Waals surface area contributed by atoms with Gasteiger partial charge in [-0.05, 0) is 0 Å². The van der Waals surface area contributed by atoms with Crippen LogP contribution in [-0.4, -0.2) is 22.7 Å². The van der Waals surface area contributed by atoms with Crippen LogP contribution < -0.4 is 8.70 Å². The molecule has 0 atom stereocenters. The van der Waals surface area contributed by atoms with Crippen molar-refractivity contribution in [2.75, 3.05) is 0 Å². The van der Waals surface area contributed by atoms with Gasteiger partial charge in [-0.15, -0.1) is 0 Å². The first-order chi connectivity index (χ1) is 11.6. The van der Waals surface area contributed by atoms with Gasteiger partial charge in [0.2, 0.25) is 0 Å². The van der Waals surface area contributed by atoms with Crippen LogP contribution in [0.15, 0.2) is 48.5 Å². The van der Waals surface area contributed by atoms with E-state index in [1.807, 2.05) is 0 Å². The molecular formula is C22H29AsSi. The van der Waals surface area contributed by atoms with E-state index in [1.165, 1.54) is 38.0 Å². The zero-order valence-electron chi connectivity index (χ0n) is 15.7. The molecule has 0 nitrogen and oxygen atoms in total. The molecule has 0 bridgehead atoms. The van der Waals surface area contributed by atoms with Gasteiger partial charge in [-0.25, -0.2) is 0 Å². The van der Waals surface area contributed by atoms with E-state index in [9.17, 15) is 0 Å². The van der Waals surface area contributed by atoms with Crippen molar-refractivity contribution in [1.82, 2.24) is 0 Å². The quantitative estimate of drug-likeness (QED) is 0.516. The molecule has 2 aromatic carbocycles. The number of hydrogen-bond donors (Lipinski definition) is 0. The van der Waals surface area contributed by atoms with E-state index < -0.39 is 22.7 Å². The van der Waals surface area contributed by atoms with Gasteiger partial charge >= 0.3 is 154 Å². The summed E-state index contributed by atoms with van der Waals surface area (Å²) in [7, 11) is -1.41. The number of hydrogen-bond acceptors (Lipinski definition) is 0. The van der Waals surface area contributed by atoms with Crippen molar-refractivity contribution < 1.29 is 0 Å². The fourth-order valence-electron chi connectivity index (χ4n) is 3.07. The van der Waals surface area contributed by atoms with Crippen molar-refractivity contribution in [1.29, 1.82) is 0 Å². The molecule has 2 rings (SSSR count). The molecule has 0 amide bonds.